The van der Waals surface area contributed by atoms with Gasteiger partial charge in [-0.05, 0) is 31.9 Å². The molecular weight excluding hydrogens is 358 g/mol. The summed E-state index contributed by atoms with van der Waals surface area (Å²) < 4.78 is 21.9. The topological polar surface area (TPSA) is 73.3 Å². The number of ether oxygens (including phenoxy) is 4. The first-order chi connectivity index (χ1) is 13.8. The van der Waals surface area contributed by atoms with Gasteiger partial charge in [0, 0.05) is 64.1 Å². The van der Waals surface area contributed by atoms with Gasteiger partial charge in [0.25, 0.3) is 0 Å². The monoisotopic (exact) mass is 393 g/mol. The Hall–Kier alpha value is -1.83. The Balaban J connectivity index is 1.71. The van der Waals surface area contributed by atoms with Crippen LogP contribution in [0.4, 0.5) is 5.69 Å². The molecule has 0 radical (unpaired) electrons. The zero-order chi connectivity index (χ0) is 19.9. The zero-order valence-electron chi connectivity index (χ0n) is 17.2. The van der Waals surface area contributed by atoms with Gasteiger partial charge in [0.2, 0.25) is 0 Å². The van der Waals surface area contributed by atoms with Gasteiger partial charge in [-0.15, -0.1) is 0 Å². The second kappa shape index (κ2) is 14.2. The number of hydrogen-bond acceptors (Lipinski definition) is 5. The van der Waals surface area contributed by atoms with Crippen LogP contribution in [-0.4, -0.2) is 65.8 Å². The van der Waals surface area contributed by atoms with Crippen molar-refractivity contribution >= 4 is 11.6 Å². The van der Waals surface area contributed by atoms with Crippen LogP contribution in [-0.2, 0) is 14.2 Å². The molecular formula is C21H35N3O4. The van der Waals surface area contributed by atoms with E-state index in [1.807, 2.05) is 24.3 Å². The van der Waals surface area contributed by atoms with Crippen molar-refractivity contribution in [3.63, 3.8) is 0 Å². The predicted molar refractivity (Wildman–Crippen MR) is 112 cm³/mol. The van der Waals surface area contributed by atoms with Crippen LogP contribution in [0.15, 0.2) is 29.3 Å². The standard InChI is InChI=1S/C21H35N3O4/c1-3-22-21(23-10-5-12-26-16-18-9-14-27-17-18)24-19-7-4-8-20(15-19)28-13-6-11-25-2/h4,7-8,15,18H,3,5-6,9-14,16-17H2,1-2H3,(H2,22,23,24). The molecule has 1 heterocycles. The molecule has 1 unspecified atom stereocenters. The van der Waals surface area contributed by atoms with E-state index in [4.69, 9.17) is 18.9 Å². The summed E-state index contributed by atoms with van der Waals surface area (Å²) in [5, 5.41) is 6.60. The summed E-state index contributed by atoms with van der Waals surface area (Å²) in [6.45, 7) is 8.13. The van der Waals surface area contributed by atoms with Crippen molar-refractivity contribution in [2.24, 2.45) is 10.9 Å². The Morgan fingerprint density at radius 1 is 1.25 bits per heavy atom. The normalized spacial score (nSPS) is 16.9. The first kappa shape index (κ1) is 22.5. The SMILES string of the molecule is CCNC(=NCCCOCC1CCOC1)Nc1cccc(OCCCOC)c1. The molecule has 7 heteroatoms. The third kappa shape index (κ3) is 9.39. The molecule has 1 aliphatic rings. The van der Waals surface area contributed by atoms with E-state index < -0.39 is 0 Å². The molecule has 1 fully saturated rings. The van der Waals surface area contributed by atoms with E-state index >= 15 is 0 Å². The Labute approximate surface area is 168 Å². The van der Waals surface area contributed by atoms with Gasteiger partial charge >= 0.3 is 0 Å². The van der Waals surface area contributed by atoms with Crippen molar-refractivity contribution in [1.29, 1.82) is 0 Å². The summed E-state index contributed by atoms with van der Waals surface area (Å²) in [6, 6.07) is 7.90. The van der Waals surface area contributed by atoms with Gasteiger partial charge in [-0.25, -0.2) is 0 Å². The Morgan fingerprint density at radius 2 is 2.18 bits per heavy atom. The van der Waals surface area contributed by atoms with Crippen LogP contribution in [0, 0.1) is 5.92 Å². The lowest BCUT2D eigenvalue weighted by Gasteiger charge is -2.13. The minimum absolute atomic E-state index is 0.562. The second-order valence-corrected chi connectivity index (χ2v) is 6.77. The fourth-order valence-corrected chi connectivity index (χ4v) is 2.82. The molecule has 1 aromatic rings. The van der Waals surface area contributed by atoms with Gasteiger partial charge in [-0.1, -0.05) is 6.07 Å². The molecule has 7 nitrogen and oxygen atoms in total. The van der Waals surface area contributed by atoms with Gasteiger partial charge in [0.15, 0.2) is 5.96 Å². The summed E-state index contributed by atoms with van der Waals surface area (Å²) in [4.78, 5) is 4.63. The van der Waals surface area contributed by atoms with E-state index in [-0.39, 0.29) is 0 Å². The van der Waals surface area contributed by atoms with Crippen LogP contribution in [0.3, 0.4) is 0 Å². The van der Waals surface area contributed by atoms with Crippen LogP contribution < -0.4 is 15.4 Å². The molecule has 1 saturated heterocycles. The lowest BCUT2D eigenvalue weighted by Crippen LogP contribution is -2.30. The van der Waals surface area contributed by atoms with Crippen LogP contribution in [0.5, 0.6) is 5.75 Å². The number of methoxy groups -OCH3 is 1. The van der Waals surface area contributed by atoms with Crippen LogP contribution in [0.25, 0.3) is 0 Å². The van der Waals surface area contributed by atoms with Crippen molar-refractivity contribution in [1.82, 2.24) is 5.32 Å². The summed E-state index contributed by atoms with van der Waals surface area (Å²) in [5.41, 5.74) is 0.946. The molecule has 0 aliphatic carbocycles. The van der Waals surface area contributed by atoms with Crippen LogP contribution in [0.2, 0.25) is 0 Å². The third-order valence-corrected chi connectivity index (χ3v) is 4.30. The molecule has 1 atom stereocenters. The van der Waals surface area contributed by atoms with Crippen molar-refractivity contribution in [3.05, 3.63) is 24.3 Å². The summed E-state index contributed by atoms with van der Waals surface area (Å²) >= 11 is 0. The smallest absolute Gasteiger partial charge is 0.195 e. The van der Waals surface area contributed by atoms with Gasteiger partial charge in [-0.3, -0.25) is 4.99 Å². The summed E-state index contributed by atoms with van der Waals surface area (Å²) in [5.74, 6) is 2.16. The first-order valence-corrected chi connectivity index (χ1v) is 10.2. The molecule has 0 spiro atoms. The zero-order valence-corrected chi connectivity index (χ0v) is 17.2. The number of rotatable bonds is 13. The van der Waals surface area contributed by atoms with E-state index in [2.05, 4.69) is 22.5 Å². The average molecular weight is 394 g/mol. The summed E-state index contributed by atoms with van der Waals surface area (Å²) in [6.07, 6.45) is 2.88. The molecule has 1 aromatic carbocycles. The predicted octanol–water partition coefficient (Wildman–Crippen LogP) is 2.92. The van der Waals surface area contributed by atoms with E-state index in [0.717, 1.165) is 69.6 Å². The quantitative estimate of drug-likeness (QED) is 0.305. The highest BCUT2D eigenvalue weighted by molar-refractivity contribution is 5.93. The van der Waals surface area contributed by atoms with Gasteiger partial charge in [0.1, 0.15) is 5.75 Å². The van der Waals surface area contributed by atoms with E-state index in [1.165, 1.54) is 0 Å². The van der Waals surface area contributed by atoms with E-state index in [1.54, 1.807) is 7.11 Å². The second-order valence-electron chi connectivity index (χ2n) is 6.77. The summed E-state index contributed by atoms with van der Waals surface area (Å²) in [7, 11) is 1.70. The third-order valence-electron chi connectivity index (χ3n) is 4.30. The molecule has 0 aromatic heterocycles. The molecule has 0 amide bonds. The molecule has 28 heavy (non-hydrogen) atoms. The van der Waals surface area contributed by atoms with Crippen molar-refractivity contribution in [2.75, 3.05) is 65.2 Å². The molecule has 0 bridgehead atoms. The van der Waals surface area contributed by atoms with E-state index in [0.29, 0.717) is 25.7 Å². The van der Waals surface area contributed by atoms with Crippen molar-refractivity contribution in [3.8, 4) is 5.75 Å². The van der Waals surface area contributed by atoms with E-state index in [9.17, 15) is 0 Å². The maximum Gasteiger partial charge on any atom is 0.195 e. The van der Waals surface area contributed by atoms with Crippen molar-refractivity contribution in [2.45, 2.75) is 26.2 Å². The Morgan fingerprint density at radius 3 is 2.96 bits per heavy atom. The highest BCUT2D eigenvalue weighted by Gasteiger charge is 2.15. The minimum atomic E-state index is 0.562. The van der Waals surface area contributed by atoms with Gasteiger partial charge in [0.05, 0.1) is 19.8 Å². The fraction of sp³-hybridized carbons (Fsp3) is 0.667. The largest absolute Gasteiger partial charge is 0.493 e. The molecule has 1 aliphatic heterocycles. The minimum Gasteiger partial charge on any atom is -0.493 e. The van der Waals surface area contributed by atoms with Crippen LogP contribution >= 0.6 is 0 Å². The van der Waals surface area contributed by atoms with Gasteiger partial charge < -0.3 is 29.6 Å². The Bertz CT molecular complexity index is 562. The number of nitrogens with zero attached hydrogens (tertiary/aromatic N) is 1. The number of aliphatic imine (C=N–C) groups is 1. The maximum absolute atomic E-state index is 5.75. The maximum atomic E-state index is 5.75. The highest BCUT2D eigenvalue weighted by Crippen LogP contribution is 2.17. The molecule has 158 valence electrons. The fourth-order valence-electron chi connectivity index (χ4n) is 2.82. The molecule has 0 saturated carbocycles. The number of benzene rings is 1. The number of anilines is 1. The number of guanidine groups is 1. The lowest BCUT2D eigenvalue weighted by atomic mass is 10.1. The van der Waals surface area contributed by atoms with Crippen molar-refractivity contribution < 1.29 is 18.9 Å². The lowest BCUT2D eigenvalue weighted by molar-refractivity contribution is 0.0893. The molecule has 2 N–H and O–H groups in total. The van der Waals surface area contributed by atoms with Crippen LogP contribution in [0.1, 0.15) is 26.2 Å². The molecule has 2 rings (SSSR count). The Kier molecular flexibility index (Phi) is 11.4. The highest BCUT2D eigenvalue weighted by atomic mass is 16.5. The first-order valence-electron chi connectivity index (χ1n) is 10.2. The number of nitrogens with one attached hydrogen (secondary N) is 2. The van der Waals surface area contributed by atoms with Gasteiger partial charge in [-0.2, -0.15) is 0 Å². The average Bonchev–Trinajstić information content (AvgIpc) is 3.22. The number of hydrogen-bond donors (Lipinski definition) is 2.